The van der Waals surface area contributed by atoms with Crippen LogP contribution in [-0.4, -0.2) is 29.4 Å². The molecule has 0 saturated heterocycles. The summed E-state index contributed by atoms with van der Waals surface area (Å²) in [5, 5.41) is 13.1. The lowest BCUT2D eigenvalue weighted by Gasteiger charge is -2.30. The number of amides is 1. The maximum absolute atomic E-state index is 12.7. The highest BCUT2D eigenvalue weighted by molar-refractivity contribution is 5.90. The zero-order valence-corrected chi connectivity index (χ0v) is 22.6. The molecule has 2 N–H and O–H groups in total. The number of carboxylic acid groups (broad SMARTS) is 1. The van der Waals surface area contributed by atoms with Crippen LogP contribution in [0.1, 0.15) is 61.1 Å². The summed E-state index contributed by atoms with van der Waals surface area (Å²) in [5.41, 5.74) is 5.29. The molecule has 3 aromatic carbocycles. The lowest BCUT2D eigenvalue weighted by Crippen LogP contribution is -2.28. The molecule has 0 aliphatic carbocycles. The molecule has 0 aromatic heterocycles. The molecule has 200 valence electrons. The van der Waals surface area contributed by atoms with Crippen molar-refractivity contribution in [1.29, 1.82) is 0 Å². The summed E-state index contributed by atoms with van der Waals surface area (Å²) < 4.78 is 17.3. The number of anilines is 1. The fourth-order valence-corrected chi connectivity index (χ4v) is 4.75. The zero-order chi connectivity index (χ0) is 27.4. The second-order valence-electron chi connectivity index (χ2n) is 10.6. The van der Waals surface area contributed by atoms with Gasteiger partial charge in [-0.3, -0.25) is 5.32 Å². The van der Waals surface area contributed by atoms with Gasteiger partial charge in [0.15, 0.2) is 6.10 Å². The number of nitrogens with one attached hydrogen (secondary N) is 1. The van der Waals surface area contributed by atoms with Crippen LogP contribution in [0.3, 0.4) is 0 Å². The molecule has 1 aliphatic heterocycles. The molecule has 7 nitrogen and oxygen atoms in total. The summed E-state index contributed by atoms with van der Waals surface area (Å²) in [6.07, 6.45) is -0.0487. The number of benzene rings is 3. The van der Waals surface area contributed by atoms with Crippen molar-refractivity contribution in [1.82, 2.24) is 0 Å². The minimum atomic E-state index is -1.25. The minimum absolute atomic E-state index is 0.123. The molecule has 0 spiro atoms. The van der Waals surface area contributed by atoms with Crippen LogP contribution < -0.4 is 10.1 Å². The van der Waals surface area contributed by atoms with E-state index in [2.05, 4.69) is 11.4 Å². The predicted octanol–water partition coefficient (Wildman–Crippen LogP) is 6.98. The lowest BCUT2D eigenvalue weighted by atomic mass is 9.86. The van der Waals surface area contributed by atoms with Crippen molar-refractivity contribution in [2.24, 2.45) is 0 Å². The molecule has 4 rings (SSSR count). The fourth-order valence-electron chi connectivity index (χ4n) is 4.75. The number of hydrogen-bond donors (Lipinski definition) is 2. The van der Waals surface area contributed by atoms with Gasteiger partial charge in [0.2, 0.25) is 0 Å². The second kappa shape index (κ2) is 11.3. The summed E-state index contributed by atoms with van der Waals surface area (Å²) in [6, 6.07) is 17.2. The van der Waals surface area contributed by atoms with Crippen LogP contribution in [0.5, 0.6) is 5.75 Å². The number of hydrogen-bond acceptors (Lipinski definition) is 5. The Bertz CT molecular complexity index is 1330. The lowest BCUT2D eigenvalue weighted by molar-refractivity contribution is -0.160. The molecule has 1 unspecified atom stereocenters. The van der Waals surface area contributed by atoms with E-state index in [1.165, 1.54) is 0 Å². The average Bonchev–Trinajstić information content (AvgIpc) is 2.87. The number of rotatable bonds is 7. The van der Waals surface area contributed by atoms with Gasteiger partial charge in [-0.2, -0.15) is 0 Å². The van der Waals surface area contributed by atoms with Gasteiger partial charge in [0.25, 0.3) is 0 Å². The van der Waals surface area contributed by atoms with E-state index in [0.717, 1.165) is 46.4 Å². The van der Waals surface area contributed by atoms with Gasteiger partial charge in [0.05, 0.1) is 12.2 Å². The van der Waals surface area contributed by atoms with Crippen LogP contribution in [0, 0.1) is 13.8 Å². The number of carboxylic acids is 1. The zero-order valence-electron chi connectivity index (χ0n) is 22.6. The Balaban J connectivity index is 1.77. The van der Waals surface area contributed by atoms with Crippen molar-refractivity contribution in [3.8, 4) is 16.9 Å². The molecule has 3 aromatic rings. The third-order valence-corrected chi connectivity index (χ3v) is 6.44. The SMILES string of the molecule is Cc1cc(NC(=O)OCc2ccccc2)c(C)c(C(OC(C)(C)C)C(=O)O)c1-c1ccc2c(c1)CCCO2. The molecule has 1 heterocycles. The van der Waals surface area contributed by atoms with E-state index >= 15 is 0 Å². The van der Waals surface area contributed by atoms with Crippen LogP contribution in [0.15, 0.2) is 54.6 Å². The van der Waals surface area contributed by atoms with E-state index in [9.17, 15) is 14.7 Å². The highest BCUT2D eigenvalue weighted by Crippen LogP contribution is 2.42. The van der Waals surface area contributed by atoms with E-state index in [4.69, 9.17) is 14.2 Å². The first-order valence-corrected chi connectivity index (χ1v) is 12.8. The normalized spacial score (nSPS) is 13.7. The maximum Gasteiger partial charge on any atom is 0.411 e. The maximum atomic E-state index is 12.7. The van der Waals surface area contributed by atoms with E-state index in [0.29, 0.717) is 23.4 Å². The largest absolute Gasteiger partial charge is 0.493 e. The van der Waals surface area contributed by atoms with Gasteiger partial charge in [0, 0.05) is 11.3 Å². The van der Waals surface area contributed by atoms with Gasteiger partial charge in [-0.05, 0) is 99.0 Å². The van der Waals surface area contributed by atoms with Crippen LogP contribution in [0.25, 0.3) is 11.1 Å². The Morgan fingerprint density at radius 2 is 1.82 bits per heavy atom. The third-order valence-electron chi connectivity index (χ3n) is 6.44. The Hall–Kier alpha value is -3.84. The standard InChI is InChI=1S/C31H35NO6/c1-19-16-24(32-30(35)37-18-21-10-7-6-8-11-21)20(2)27(28(29(33)34)38-31(3,4)5)26(19)23-13-14-25-22(17-23)12-9-15-36-25/h6-8,10-11,13-14,16-17,28H,9,12,15,18H2,1-5H3,(H,32,35)(H,33,34). The predicted molar refractivity (Wildman–Crippen MR) is 147 cm³/mol. The van der Waals surface area contributed by atoms with Crippen molar-refractivity contribution in [2.45, 2.75) is 65.8 Å². The molecule has 0 fully saturated rings. The Morgan fingerprint density at radius 3 is 2.50 bits per heavy atom. The second-order valence-corrected chi connectivity index (χ2v) is 10.6. The number of fused-ring (bicyclic) bond motifs is 1. The first kappa shape index (κ1) is 27.2. The Kier molecular flexibility index (Phi) is 8.07. The fraction of sp³-hybridized carbons (Fsp3) is 0.355. The molecule has 0 saturated carbocycles. The number of carbonyl (C=O) groups excluding carboxylic acids is 1. The summed E-state index contributed by atoms with van der Waals surface area (Å²) in [7, 11) is 0. The van der Waals surface area contributed by atoms with E-state index in [1.54, 1.807) is 6.92 Å². The van der Waals surface area contributed by atoms with Crippen molar-refractivity contribution in [2.75, 3.05) is 11.9 Å². The molecule has 1 atom stereocenters. The summed E-state index contributed by atoms with van der Waals surface area (Å²) in [4.78, 5) is 25.3. The molecule has 0 radical (unpaired) electrons. The van der Waals surface area contributed by atoms with Crippen molar-refractivity contribution in [3.05, 3.63) is 82.4 Å². The van der Waals surface area contributed by atoms with Crippen LogP contribution in [-0.2, 0) is 27.3 Å². The Labute approximate surface area is 223 Å². The highest BCUT2D eigenvalue weighted by atomic mass is 16.5. The van der Waals surface area contributed by atoms with Gasteiger partial charge < -0.3 is 19.3 Å². The first-order chi connectivity index (χ1) is 18.0. The van der Waals surface area contributed by atoms with Gasteiger partial charge >= 0.3 is 12.1 Å². The molecule has 1 aliphatic rings. The van der Waals surface area contributed by atoms with Crippen LogP contribution in [0.2, 0.25) is 0 Å². The molecule has 7 heteroatoms. The average molecular weight is 518 g/mol. The van der Waals surface area contributed by atoms with Crippen molar-refractivity contribution >= 4 is 17.7 Å². The van der Waals surface area contributed by atoms with Gasteiger partial charge in [-0.15, -0.1) is 0 Å². The number of aliphatic carboxylic acids is 1. The highest BCUT2D eigenvalue weighted by Gasteiger charge is 2.33. The van der Waals surface area contributed by atoms with Crippen LogP contribution in [0.4, 0.5) is 10.5 Å². The monoisotopic (exact) mass is 517 g/mol. The quantitative estimate of drug-likeness (QED) is 0.351. The topological polar surface area (TPSA) is 94.1 Å². The van der Waals surface area contributed by atoms with E-state index in [-0.39, 0.29) is 6.61 Å². The number of aryl methyl sites for hydroxylation is 2. The molecular formula is C31H35NO6. The first-order valence-electron chi connectivity index (χ1n) is 12.8. The number of ether oxygens (including phenoxy) is 3. The number of carbonyl (C=O) groups is 2. The molecule has 0 bridgehead atoms. The third kappa shape index (κ3) is 6.34. The van der Waals surface area contributed by atoms with Crippen molar-refractivity contribution < 1.29 is 28.9 Å². The van der Waals surface area contributed by atoms with Gasteiger partial charge in [-0.25, -0.2) is 9.59 Å². The van der Waals surface area contributed by atoms with Crippen molar-refractivity contribution in [3.63, 3.8) is 0 Å². The molecular weight excluding hydrogens is 482 g/mol. The smallest absolute Gasteiger partial charge is 0.411 e. The summed E-state index contributed by atoms with van der Waals surface area (Å²) in [6.45, 7) is 9.99. The van der Waals surface area contributed by atoms with Gasteiger partial charge in [-0.1, -0.05) is 36.4 Å². The summed E-state index contributed by atoms with van der Waals surface area (Å²) >= 11 is 0. The van der Waals surface area contributed by atoms with E-state index in [1.807, 2.05) is 76.2 Å². The van der Waals surface area contributed by atoms with Crippen LogP contribution >= 0.6 is 0 Å². The van der Waals surface area contributed by atoms with E-state index < -0.39 is 23.8 Å². The van der Waals surface area contributed by atoms with Gasteiger partial charge in [0.1, 0.15) is 12.4 Å². The summed E-state index contributed by atoms with van der Waals surface area (Å²) in [5.74, 6) is -0.245. The Morgan fingerprint density at radius 1 is 1.08 bits per heavy atom. The minimum Gasteiger partial charge on any atom is -0.493 e. The molecule has 38 heavy (non-hydrogen) atoms. The molecule has 1 amide bonds.